The average molecular weight is 375 g/mol. The molecule has 26 heavy (non-hydrogen) atoms. The van der Waals surface area contributed by atoms with Gasteiger partial charge < -0.3 is 20.1 Å². The van der Waals surface area contributed by atoms with Crippen LogP contribution in [0.25, 0.3) is 0 Å². The number of aryl methyl sites for hydroxylation is 1. The minimum absolute atomic E-state index is 0.540. The smallest absolute Gasteiger partial charge is 0.113 e. The quantitative estimate of drug-likeness (QED) is 0.718. The third-order valence-electron chi connectivity index (χ3n) is 5.11. The Hall–Kier alpha value is -1.37. The molecule has 0 aliphatic carbocycles. The van der Waals surface area contributed by atoms with E-state index in [1.807, 2.05) is 18.2 Å². The molecule has 4 nitrogen and oxygen atoms in total. The van der Waals surface area contributed by atoms with Crippen molar-refractivity contribution in [2.24, 2.45) is 0 Å². The molecule has 0 amide bonds. The number of thioether (sulfide) groups is 1. The molecule has 3 rings (SSSR count). The molecule has 1 fully saturated rings. The molecular weight excluding hydrogens is 348 g/mol. The lowest BCUT2D eigenvalue weighted by Crippen LogP contribution is -2.53. The summed E-state index contributed by atoms with van der Waals surface area (Å²) < 4.78 is 5.78. The largest absolute Gasteiger partial charge is 0.388 e. The number of hydrogen-bond donors (Lipinski definition) is 3. The highest BCUT2D eigenvalue weighted by molar-refractivity contribution is 7.98. The molecule has 3 N–H and O–H groups in total. The van der Waals surface area contributed by atoms with Gasteiger partial charge in [-0.3, -0.25) is 0 Å². The molecular formula is C21H26O4S. The summed E-state index contributed by atoms with van der Waals surface area (Å²) in [7, 11) is 0. The fraction of sp³-hybridized carbons (Fsp3) is 0.429. The van der Waals surface area contributed by atoms with Gasteiger partial charge in [0.2, 0.25) is 0 Å². The average Bonchev–Trinajstić information content (AvgIpc) is 2.65. The molecule has 1 aliphatic rings. The first-order valence-electron chi connectivity index (χ1n) is 8.82. The van der Waals surface area contributed by atoms with Crippen molar-refractivity contribution < 1.29 is 20.1 Å². The Labute approximate surface area is 158 Å². The van der Waals surface area contributed by atoms with Crippen molar-refractivity contribution in [3.05, 3.63) is 64.7 Å². The second-order valence-electron chi connectivity index (χ2n) is 6.94. The van der Waals surface area contributed by atoms with E-state index in [1.54, 1.807) is 18.7 Å². The summed E-state index contributed by atoms with van der Waals surface area (Å²) in [6.07, 6.45) is -1.79. The molecule has 5 heteroatoms. The normalized spacial score (nSPS) is 28.9. The van der Waals surface area contributed by atoms with E-state index in [0.29, 0.717) is 0 Å². The molecule has 1 heterocycles. The zero-order valence-corrected chi connectivity index (χ0v) is 16.1. The fourth-order valence-corrected chi connectivity index (χ4v) is 3.76. The van der Waals surface area contributed by atoms with Gasteiger partial charge in [-0.15, -0.1) is 11.8 Å². The van der Waals surface area contributed by atoms with E-state index in [0.717, 1.165) is 17.5 Å². The predicted octanol–water partition coefficient (Wildman–Crippen LogP) is 2.85. The Balaban J connectivity index is 1.85. The van der Waals surface area contributed by atoms with Crippen molar-refractivity contribution >= 4 is 11.8 Å². The van der Waals surface area contributed by atoms with Gasteiger partial charge in [-0.05, 0) is 60.9 Å². The summed E-state index contributed by atoms with van der Waals surface area (Å²) in [5.41, 5.74) is 4.36. The van der Waals surface area contributed by atoms with Gasteiger partial charge in [0.1, 0.15) is 24.4 Å². The molecule has 5 atom stereocenters. The number of rotatable bonds is 4. The Morgan fingerprint density at radius 2 is 1.65 bits per heavy atom. The third-order valence-corrected chi connectivity index (χ3v) is 5.85. The Bertz CT molecular complexity index is 746. The van der Waals surface area contributed by atoms with Crippen LogP contribution in [0.2, 0.25) is 0 Å². The van der Waals surface area contributed by atoms with E-state index in [4.69, 9.17) is 4.74 Å². The molecule has 2 aromatic rings. The standard InChI is InChI=1S/C21H26O4S/c1-12-4-7-15(21-20(24)19(23)18(22)13(2)25-21)11-16(12)10-14-5-8-17(26-3)9-6-14/h4-9,11,13,18-24H,10H2,1-3H3/t13-,18-,19?,20-,21?/m1/s1. The number of benzene rings is 2. The van der Waals surface area contributed by atoms with Crippen molar-refractivity contribution in [1.29, 1.82) is 0 Å². The molecule has 0 aromatic heterocycles. The van der Waals surface area contributed by atoms with Crippen LogP contribution in [0.15, 0.2) is 47.4 Å². The van der Waals surface area contributed by atoms with Gasteiger partial charge in [-0.1, -0.05) is 30.3 Å². The van der Waals surface area contributed by atoms with Crippen molar-refractivity contribution in [2.75, 3.05) is 6.26 Å². The number of aliphatic hydroxyl groups excluding tert-OH is 3. The lowest BCUT2D eigenvalue weighted by atomic mass is 9.89. The Morgan fingerprint density at radius 1 is 0.962 bits per heavy atom. The molecule has 0 radical (unpaired) electrons. The zero-order chi connectivity index (χ0) is 18.8. The minimum Gasteiger partial charge on any atom is -0.388 e. The summed E-state index contributed by atoms with van der Waals surface area (Å²) >= 11 is 1.72. The number of aliphatic hydroxyl groups is 3. The van der Waals surface area contributed by atoms with Crippen molar-refractivity contribution in [3.8, 4) is 0 Å². The molecule has 2 unspecified atom stereocenters. The minimum atomic E-state index is -1.22. The summed E-state index contributed by atoms with van der Waals surface area (Å²) in [6.45, 7) is 3.77. The predicted molar refractivity (Wildman–Crippen MR) is 104 cm³/mol. The van der Waals surface area contributed by atoms with Crippen molar-refractivity contribution in [1.82, 2.24) is 0 Å². The SMILES string of the molecule is CSc1ccc(Cc2cc(C3O[C@H](C)[C@@H](O)C(O)[C@H]3O)ccc2C)cc1. The van der Waals surface area contributed by atoms with Gasteiger partial charge in [0.05, 0.1) is 6.10 Å². The van der Waals surface area contributed by atoms with Crippen LogP contribution in [0.4, 0.5) is 0 Å². The van der Waals surface area contributed by atoms with Crippen LogP contribution < -0.4 is 0 Å². The lowest BCUT2D eigenvalue weighted by Gasteiger charge is -2.39. The maximum atomic E-state index is 10.3. The maximum absolute atomic E-state index is 10.3. The van der Waals surface area contributed by atoms with Gasteiger partial charge in [0.25, 0.3) is 0 Å². The van der Waals surface area contributed by atoms with Gasteiger partial charge in [0, 0.05) is 4.90 Å². The first-order valence-corrected chi connectivity index (χ1v) is 10.0. The van der Waals surface area contributed by atoms with E-state index < -0.39 is 30.5 Å². The molecule has 0 spiro atoms. The third kappa shape index (κ3) is 3.97. The van der Waals surface area contributed by atoms with Crippen LogP contribution in [-0.4, -0.2) is 46.0 Å². The molecule has 1 saturated heterocycles. The van der Waals surface area contributed by atoms with Crippen LogP contribution in [0.1, 0.15) is 35.3 Å². The van der Waals surface area contributed by atoms with E-state index in [2.05, 4.69) is 37.4 Å². The van der Waals surface area contributed by atoms with Crippen molar-refractivity contribution in [2.45, 2.75) is 55.7 Å². The summed E-state index contributed by atoms with van der Waals surface area (Å²) in [5, 5.41) is 30.3. The van der Waals surface area contributed by atoms with Gasteiger partial charge >= 0.3 is 0 Å². The maximum Gasteiger partial charge on any atom is 0.113 e. The van der Waals surface area contributed by atoms with Gasteiger partial charge in [-0.25, -0.2) is 0 Å². The highest BCUT2D eigenvalue weighted by Gasteiger charge is 2.42. The number of ether oxygens (including phenoxy) is 1. The molecule has 1 aliphatic heterocycles. The van der Waals surface area contributed by atoms with Gasteiger partial charge in [0.15, 0.2) is 0 Å². The van der Waals surface area contributed by atoms with E-state index >= 15 is 0 Å². The molecule has 0 saturated carbocycles. The fourth-order valence-electron chi connectivity index (χ4n) is 3.35. The first-order chi connectivity index (χ1) is 12.4. The monoisotopic (exact) mass is 374 g/mol. The Kier molecular flexibility index (Phi) is 6.05. The summed E-state index contributed by atoms with van der Waals surface area (Å²) in [5.74, 6) is 0. The first kappa shape index (κ1) is 19.4. The van der Waals surface area contributed by atoms with Crippen LogP contribution in [0.3, 0.4) is 0 Å². The second kappa shape index (κ2) is 8.11. The zero-order valence-electron chi connectivity index (χ0n) is 15.3. The van der Waals surface area contributed by atoms with Gasteiger partial charge in [-0.2, -0.15) is 0 Å². The summed E-state index contributed by atoms with van der Waals surface area (Å²) in [4.78, 5) is 1.24. The van der Waals surface area contributed by atoms with Crippen LogP contribution in [-0.2, 0) is 11.2 Å². The highest BCUT2D eigenvalue weighted by Crippen LogP contribution is 2.33. The van der Waals surface area contributed by atoms with Crippen LogP contribution in [0, 0.1) is 6.92 Å². The highest BCUT2D eigenvalue weighted by atomic mass is 32.2. The van der Waals surface area contributed by atoms with E-state index in [-0.39, 0.29) is 0 Å². The van der Waals surface area contributed by atoms with E-state index in [1.165, 1.54) is 16.0 Å². The molecule has 0 bridgehead atoms. The summed E-state index contributed by atoms with van der Waals surface area (Å²) in [6, 6.07) is 14.5. The topological polar surface area (TPSA) is 69.9 Å². The van der Waals surface area contributed by atoms with Crippen molar-refractivity contribution in [3.63, 3.8) is 0 Å². The Morgan fingerprint density at radius 3 is 2.31 bits per heavy atom. The second-order valence-corrected chi connectivity index (χ2v) is 7.82. The molecule has 140 valence electrons. The number of hydrogen-bond acceptors (Lipinski definition) is 5. The van der Waals surface area contributed by atoms with Crippen LogP contribution >= 0.6 is 11.8 Å². The lowest BCUT2D eigenvalue weighted by molar-refractivity contribution is -0.219. The van der Waals surface area contributed by atoms with E-state index in [9.17, 15) is 15.3 Å². The van der Waals surface area contributed by atoms with Crippen LogP contribution in [0.5, 0.6) is 0 Å². The molecule has 2 aromatic carbocycles.